The van der Waals surface area contributed by atoms with Crippen LogP contribution < -0.4 is 16.5 Å². The molecule has 24 heavy (non-hydrogen) atoms. The topological polar surface area (TPSA) is 198 Å². The second-order valence-electron chi connectivity index (χ2n) is 3.87. The molecule has 2 heterocycles. The molecule has 0 aromatic carbocycles. The van der Waals surface area contributed by atoms with Gasteiger partial charge in [0.1, 0.15) is 0 Å². The van der Waals surface area contributed by atoms with Crippen LogP contribution in [-0.2, 0) is 0 Å². The summed E-state index contributed by atoms with van der Waals surface area (Å²) in [6.45, 7) is 6.56. The van der Waals surface area contributed by atoms with E-state index in [9.17, 15) is 19.8 Å². The number of rotatable bonds is 4. The van der Waals surface area contributed by atoms with Crippen molar-refractivity contribution in [1.82, 2.24) is 19.9 Å². The summed E-state index contributed by atoms with van der Waals surface area (Å²) in [6, 6.07) is 0. The molecule has 0 spiro atoms. The number of azo groups is 2. The highest BCUT2D eigenvalue weighted by molar-refractivity contribution is 5.50. The van der Waals surface area contributed by atoms with Gasteiger partial charge in [-0.1, -0.05) is 5.43 Å². The molecule has 5 N–H and O–H groups in total. The molecule has 122 valence electrons. The number of anilines is 1. The highest BCUT2D eigenvalue weighted by Gasteiger charge is 2.14. The minimum atomic E-state index is -0.933. The van der Waals surface area contributed by atoms with Crippen molar-refractivity contribution in [2.24, 2.45) is 20.5 Å². The monoisotopic (exact) mass is 332 g/mol. The van der Waals surface area contributed by atoms with Crippen molar-refractivity contribution in [2.45, 2.75) is 0 Å². The Hall–Kier alpha value is -4.15. The van der Waals surface area contributed by atoms with Gasteiger partial charge < -0.3 is 10.2 Å². The molecule has 14 nitrogen and oxygen atoms in total. The quantitative estimate of drug-likeness (QED) is 0.307. The van der Waals surface area contributed by atoms with Crippen molar-refractivity contribution in [1.29, 1.82) is 0 Å². The van der Waals surface area contributed by atoms with Crippen LogP contribution in [0.4, 0.5) is 23.3 Å². The summed E-state index contributed by atoms with van der Waals surface area (Å²) in [5.41, 5.74) is -1.09. The maximum Gasteiger partial charge on any atom is 0.284 e. The van der Waals surface area contributed by atoms with Crippen LogP contribution in [0.3, 0.4) is 0 Å². The molecule has 0 atom stereocenters. The Kier molecular flexibility index (Phi) is 4.56. The van der Waals surface area contributed by atoms with Crippen LogP contribution in [-0.4, -0.2) is 37.2 Å². The van der Waals surface area contributed by atoms with Crippen LogP contribution in [0, 0.1) is 6.57 Å². The van der Waals surface area contributed by atoms with E-state index in [1.54, 1.807) is 0 Å². The Morgan fingerprint density at radius 1 is 1.04 bits per heavy atom. The largest absolute Gasteiger partial charge is 0.491 e. The Bertz CT molecular complexity index is 983. The van der Waals surface area contributed by atoms with Crippen molar-refractivity contribution in [3.63, 3.8) is 0 Å². The SMILES string of the molecule is [C-]#[N+]Nc1nc(O)c(N=Nc2c(O)nc(N=NC)[nH]c2=O)c(=O)[nH]1. The molecular formula is C10H8N10O4. The van der Waals surface area contributed by atoms with E-state index in [4.69, 9.17) is 6.57 Å². The summed E-state index contributed by atoms with van der Waals surface area (Å²) in [5, 5.41) is 32.8. The smallest absolute Gasteiger partial charge is 0.284 e. The first kappa shape index (κ1) is 16.2. The Labute approximate surface area is 131 Å². The van der Waals surface area contributed by atoms with E-state index < -0.39 is 34.3 Å². The minimum Gasteiger partial charge on any atom is -0.491 e. The first-order chi connectivity index (χ1) is 11.5. The van der Waals surface area contributed by atoms with Gasteiger partial charge in [-0.25, -0.2) is 0 Å². The van der Waals surface area contributed by atoms with E-state index in [2.05, 4.69) is 45.3 Å². The lowest BCUT2D eigenvalue weighted by molar-refractivity contribution is 0.450. The van der Waals surface area contributed by atoms with Crippen LogP contribution in [0.15, 0.2) is 30.0 Å². The van der Waals surface area contributed by atoms with Crippen molar-refractivity contribution in [3.8, 4) is 11.8 Å². The highest BCUT2D eigenvalue weighted by Crippen LogP contribution is 2.25. The average Bonchev–Trinajstić information content (AvgIpc) is 2.49. The molecule has 0 saturated carbocycles. The molecule has 0 aliphatic carbocycles. The third-order valence-electron chi connectivity index (χ3n) is 2.35. The fourth-order valence-corrected chi connectivity index (χ4v) is 1.43. The van der Waals surface area contributed by atoms with E-state index in [-0.39, 0.29) is 11.9 Å². The fourth-order valence-electron chi connectivity index (χ4n) is 1.43. The zero-order valence-electron chi connectivity index (χ0n) is 11.8. The molecule has 0 aliphatic rings. The Balaban J connectivity index is 2.44. The summed E-state index contributed by atoms with van der Waals surface area (Å²) < 4.78 is 0. The third-order valence-corrected chi connectivity index (χ3v) is 2.35. The normalized spacial score (nSPS) is 11.0. The van der Waals surface area contributed by atoms with Crippen LogP contribution >= 0.6 is 0 Å². The number of hydrogen-bond acceptors (Lipinski definition) is 11. The van der Waals surface area contributed by atoms with Gasteiger partial charge in [-0.15, -0.1) is 15.3 Å². The first-order valence-corrected chi connectivity index (χ1v) is 5.97. The van der Waals surface area contributed by atoms with Gasteiger partial charge in [-0.3, -0.25) is 19.6 Å². The number of H-pyrrole nitrogens is 2. The lowest BCUT2D eigenvalue weighted by Gasteiger charge is -1.99. The number of hydrogen-bond donors (Lipinski definition) is 5. The fraction of sp³-hybridized carbons (Fsp3) is 0.100. The van der Waals surface area contributed by atoms with Crippen molar-refractivity contribution in [3.05, 3.63) is 32.2 Å². The van der Waals surface area contributed by atoms with Gasteiger partial charge in [0.05, 0.1) is 0 Å². The molecule has 0 radical (unpaired) electrons. The predicted octanol–water partition coefficient (Wildman–Crippen LogP) is 0.639. The summed E-state index contributed by atoms with van der Waals surface area (Å²) in [5.74, 6) is -2.20. The molecule has 0 saturated heterocycles. The first-order valence-electron chi connectivity index (χ1n) is 5.97. The van der Waals surface area contributed by atoms with Gasteiger partial charge in [-0.2, -0.15) is 26.6 Å². The number of aromatic nitrogens is 4. The van der Waals surface area contributed by atoms with Gasteiger partial charge in [-0.05, 0) is 0 Å². The highest BCUT2D eigenvalue weighted by atomic mass is 16.3. The summed E-state index contributed by atoms with van der Waals surface area (Å²) >= 11 is 0. The van der Waals surface area contributed by atoms with Crippen LogP contribution in [0.2, 0.25) is 0 Å². The zero-order valence-corrected chi connectivity index (χ0v) is 11.8. The number of aromatic amines is 2. The molecule has 2 aromatic heterocycles. The van der Waals surface area contributed by atoms with Gasteiger partial charge in [0.2, 0.25) is 23.1 Å². The molecule has 0 fully saturated rings. The summed E-state index contributed by atoms with van der Waals surface area (Å²) in [4.78, 5) is 37.4. The van der Waals surface area contributed by atoms with Crippen molar-refractivity contribution < 1.29 is 10.2 Å². The second kappa shape index (κ2) is 6.74. The predicted molar refractivity (Wildman–Crippen MR) is 77.9 cm³/mol. The van der Waals surface area contributed by atoms with E-state index in [1.165, 1.54) is 7.05 Å². The number of nitrogens with zero attached hydrogens (tertiary/aromatic N) is 7. The van der Waals surface area contributed by atoms with Gasteiger partial charge in [0, 0.05) is 7.05 Å². The summed E-state index contributed by atoms with van der Waals surface area (Å²) in [6.07, 6.45) is 0. The maximum atomic E-state index is 11.7. The summed E-state index contributed by atoms with van der Waals surface area (Å²) in [7, 11) is 1.33. The van der Waals surface area contributed by atoms with E-state index >= 15 is 0 Å². The Morgan fingerprint density at radius 2 is 1.62 bits per heavy atom. The molecule has 0 amide bonds. The van der Waals surface area contributed by atoms with E-state index in [0.29, 0.717) is 0 Å². The van der Waals surface area contributed by atoms with E-state index in [1.807, 2.05) is 5.43 Å². The molecule has 0 aliphatic heterocycles. The lowest BCUT2D eigenvalue weighted by atomic mass is 10.5. The molecule has 2 rings (SSSR count). The van der Waals surface area contributed by atoms with Crippen molar-refractivity contribution in [2.75, 3.05) is 12.5 Å². The molecular weight excluding hydrogens is 324 g/mol. The standard InChI is InChI=1S/C10H8N10O4/c1-11-19-9-13-5(21)3(6(22)14-9)17-18-4-7(23)15-10(20-12-2)16-8(4)24/h1H3,(H2,13,14,21,22)(H3,15,16,20,23,24). The molecule has 0 bridgehead atoms. The third kappa shape index (κ3) is 3.36. The van der Waals surface area contributed by atoms with Gasteiger partial charge >= 0.3 is 0 Å². The number of nitrogens with one attached hydrogen (secondary N) is 3. The minimum absolute atomic E-state index is 0.254. The Morgan fingerprint density at radius 3 is 2.12 bits per heavy atom. The van der Waals surface area contributed by atoms with Crippen LogP contribution in [0.25, 0.3) is 4.95 Å². The van der Waals surface area contributed by atoms with Crippen LogP contribution in [0.5, 0.6) is 11.8 Å². The van der Waals surface area contributed by atoms with Crippen molar-refractivity contribution >= 4 is 23.3 Å². The van der Waals surface area contributed by atoms with Gasteiger partial charge in [0.15, 0.2) is 0 Å². The second-order valence-corrected chi connectivity index (χ2v) is 3.87. The molecule has 2 aromatic rings. The van der Waals surface area contributed by atoms with Gasteiger partial charge in [0.25, 0.3) is 23.0 Å². The van der Waals surface area contributed by atoms with Crippen LogP contribution in [0.1, 0.15) is 0 Å². The molecule has 14 heteroatoms. The molecule has 0 unspecified atom stereocenters. The maximum absolute atomic E-state index is 11.7. The zero-order chi connectivity index (χ0) is 17.7. The van der Waals surface area contributed by atoms with E-state index in [0.717, 1.165) is 0 Å². The number of aromatic hydroxyl groups is 2. The lowest BCUT2D eigenvalue weighted by Crippen LogP contribution is -2.09. The average molecular weight is 332 g/mol.